The Bertz CT molecular complexity index is 246. The molecule has 0 aliphatic heterocycles. The summed E-state index contributed by atoms with van der Waals surface area (Å²) in [6.07, 6.45) is 0. The summed E-state index contributed by atoms with van der Waals surface area (Å²) in [5.41, 5.74) is 3.70. The second-order valence-corrected chi connectivity index (χ2v) is 2.60. The van der Waals surface area contributed by atoms with E-state index in [1.807, 2.05) is 32.9 Å². The third-order valence-corrected chi connectivity index (χ3v) is 1.60. The van der Waals surface area contributed by atoms with Crippen LogP contribution >= 0.6 is 0 Å². The minimum absolute atomic E-state index is 1.14. The molecule has 0 nitrogen and oxygen atoms in total. The van der Waals surface area contributed by atoms with E-state index in [-0.39, 0.29) is 0 Å². The van der Waals surface area contributed by atoms with Crippen molar-refractivity contribution in [2.45, 2.75) is 27.7 Å². The van der Waals surface area contributed by atoms with E-state index >= 15 is 0 Å². The van der Waals surface area contributed by atoms with Crippen LogP contribution < -0.4 is 0 Å². The first-order chi connectivity index (χ1) is 5.72. The zero-order chi connectivity index (χ0) is 9.56. The lowest BCUT2D eigenvalue weighted by atomic mass is 10.0. The van der Waals surface area contributed by atoms with Gasteiger partial charge in [-0.2, -0.15) is 0 Å². The molecule has 66 valence electrons. The Labute approximate surface area is 75.9 Å². The maximum atomic E-state index is 3.89. The standard InChI is InChI=1S/C10H12.C2H6/c1-8(2)10-7-5-4-6-9(10)3;1-2/h4-7H,1H2,2-3H3;1-2H3. The summed E-state index contributed by atoms with van der Waals surface area (Å²) >= 11 is 0. The molecule has 0 heteroatoms. The first-order valence-corrected chi connectivity index (χ1v) is 4.43. The van der Waals surface area contributed by atoms with Gasteiger partial charge in [-0.05, 0) is 25.0 Å². The fourth-order valence-electron chi connectivity index (χ4n) is 1.05. The largest absolute Gasteiger partial charge is 0.0955 e. The van der Waals surface area contributed by atoms with E-state index in [1.54, 1.807) is 0 Å². The first-order valence-electron chi connectivity index (χ1n) is 4.43. The van der Waals surface area contributed by atoms with Gasteiger partial charge < -0.3 is 0 Å². The van der Waals surface area contributed by atoms with Crippen LogP contribution in [0.3, 0.4) is 0 Å². The van der Waals surface area contributed by atoms with Gasteiger partial charge in [-0.3, -0.25) is 0 Å². The number of benzene rings is 1. The third-order valence-electron chi connectivity index (χ3n) is 1.60. The van der Waals surface area contributed by atoms with Crippen molar-refractivity contribution >= 4 is 5.57 Å². The Morgan fingerprint density at radius 2 is 1.67 bits per heavy atom. The highest BCUT2D eigenvalue weighted by molar-refractivity contribution is 5.63. The van der Waals surface area contributed by atoms with Crippen LogP contribution in [0.5, 0.6) is 0 Å². The average molecular weight is 162 g/mol. The molecule has 0 unspecified atom stereocenters. The summed E-state index contributed by atoms with van der Waals surface area (Å²) < 4.78 is 0. The summed E-state index contributed by atoms with van der Waals surface area (Å²) in [5, 5.41) is 0. The molecule has 0 bridgehead atoms. The van der Waals surface area contributed by atoms with Gasteiger partial charge in [0.25, 0.3) is 0 Å². The maximum Gasteiger partial charge on any atom is -0.0204 e. The van der Waals surface area contributed by atoms with Crippen molar-refractivity contribution in [2.75, 3.05) is 0 Å². The highest BCUT2D eigenvalue weighted by Gasteiger charge is 1.94. The molecule has 0 aromatic heterocycles. The van der Waals surface area contributed by atoms with Crippen molar-refractivity contribution in [3.63, 3.8) is 0 Å². The maximum absolute atomic E-state index is 3.89. The number of allylic oxidation sites excluding steroid dienone is 1. The normalized spacial score (nSPS) is 8.33. The molecule has 0 saturated carbocycles. The van der Waals surface area contributed by atoms with Crippen LogP contribution in [-0.4, -0.2) is 0 Å². The van der Waals surface area contributed by atoms with E-state index in [4.69, 9.17) is 0 Å². The van der Waals surface area contributed by atoms with Gasteiger partial charge >= 0.3 is 0 Å². The molecule has 12 heavy (non-hydrogen) atoms. The first kappa shape index (κ1) is 11.0. The number of aryl methyl sites for hydroxylation is 1. The lowest BCUT2D eigenvalue weighted by Gasteiger charge is -2.02. The van der Waals surface area contributed by atoms with Gasteiger partial charge in [0.1, 0.15) is 0 Å². The summed E-state index contributed by atoms with van der Waals surface area (Å²) in [5.74, 6) is 0. The van der Waals surface area contributed by atoms with Crippen molar-refractivity contribution in [1.29, 1.82) is 0 Å². The van der Waals surface area contributed by atoms with Crippen LogP contribution in [-0.2, 0) is 0 Å². The summed E-state index contributed by atoms with van der Waals surface area (Å²) in [4.78, 5) is 0. The molecule has 0 aliphatic rings. The smallest absolute Gasteiger partial charge is 0.0204 e. The molecular formula is C12H18. The molecule has 0 aliphatic carbocycles. The van der Waals surface area contributed by atoms with Crippen LogP contribution in [0.15, 0.2) is 30.8 Å². The average Bonchev–Trinajstić information content (AvgIpc) is 2.08. The lowest BCUT2D eigenvalue weighted by Crippen LogP contribution is -1.81. The van der Waals surface area contributed by atoms with Crippen molar-refractivity contribution < 1.29 is 0 Å². The second kappa shape index (κ2) is 5.59. The monoisotopic (exact) mass is 162 g/mol. The van der Waals surface area contributed by atoms with Crippen molar-refractivity contribution in [3.05, 3.63) is 42.0 Å². The molecule has 0 amide bonds. The van der Waals surface area contributed by atoms with Gasteiger partial charge in [0, 0.05) is 0 Å². The molecule has 0 N–H and O–H groups in total. The van der Waals surface area contributed by atoms with Crippen molar-refractivity contribution in [1.82, 2.24) is 0 Å². The summed E-state index contributed by atoms with van der Waals surface area (Å²) in [6, 6.07) is 8.28. The highest BCUT2D eigenvalue weighted by atomic mass is 14.0. The van der Waals surface area contributed by atoms with E-state index < -0.39 is 0 Å². The molecule has 1 rings (SSSR count). The van der Waals surface area contributed by atoms with Gasteiger partial charge in [-0.1, -0.05) is 50.3 Å². The number of hydrogen-bond donors (Lipinski definition) is 0. The zero-order valence-electron chi connectivity index (χ0n) is 8.52. The lowest BCUT2D eigenvalue weighted by molar-refractivity contribution is 1.41. The molecule has 0 radical (unpaired) electrons. The Balaban J connectivity index is 0.000000561. The predicted octanol–water partition coefficient (Wildman–Crippen LogP) is 4.05. The molecule has 0 fully saturated rings. The zero-order valence-corrected chi connectivity index (χ0v) is 8.52. The van der Waals surface area contributed by atoms with Crippen molar-refractivity contribution in [2.24, 2.45) is 0 Å². The number of hydrogen-bond acceptors (Lipinski definition) is 0. The highest BCUT2D eigenvalue weighted by Crippen LogP contribution is 2.14. The van der Waals surface area contributed by atoms with E-state index in [0.717, 1.165) is 5.57 Å². The third kappa shape index (κ3) is 2.91. The molecular weight excluding hydrogens is 144 g/mol. The molecule has 0 heterocycles. The molecule has 0 saturated heterocycles. The van der Waals surface area contributed by atoms with Crippen molar-refractivity contribution in [3.8, 4) is 0 Å². The molecule has 0 atom stereocenters. The minimum Gasteiger partial charge on any atom is -0.0955 e. The second-order valence-electron chi connectivity index (χ2n) is 2.60. The van der Waals surface area contributed by atoms with Gasteiger partial charge in [0.2, 0.25) is 0 Å². The molecule has 1 aromatic carbocycles. The van der Waals surface area contributed by atoms with E-state index in [1.165, 1.54) is 11.1 Å². The van der Waals surface area contributed by atoms with Gasteiger partial charge in [-0.25, -0.2) is 0 Å². The fourth-order valence-corrected chi connectivity index (χ4v) is 1.05. The van der Waals surface area contributed by atoms with Gasteiger partial charge in [-0.15, -0.1) is 0 Å². The number of rotatable bonds is 1. The van der Waals surface area contributed by atoms with Crippen LogP contribution in [0, 0.1) is 6.92 Å². The summed E-state index contributed by atoms with van der Waals surface area (Å²) in [6.45, 7) is 12.0. The SMILES string of the molecule is C=C(C)c1ccccc1C.CC. The Kier molecular flexibility index (Phi) is 5.11. The van der Waals surface area contributed by atoms with Crippen LogP contribution in [0.1, 0.15) is 31.9 Å². The van der Waals surface area contributed by atoms with Gasteiger partial charge in [0.05, 0.1) is 0 Å². The van der Waals surface area contributed by atoms with E-state index in [2.05, 4.69) is 25.6 Å². The van der Waals surface area contributed by atoms with E-state index in [9.17, 15) is 0 Å². The summed E-state index contributed by atoms with van der Waals surface area (Å²) in [7, 11) is 0. The quantitative estimate of drug-likeness (QED) is 0.584. The van der Waals surface area contributed by atoms with Crippen LogP contribution in [0.4, 0.5) is 0 Å². The fraction of sp³-hybridized carbons (Fsp3) is 0.333. The molecule has 1 aromatic rings. The van der Waals surface area contributed by atoms with Gasteiger partial charge in [0.15, 0.2) is 0 Å². The topological polar surface area (TPSA) is 0 Å². The Morgan fingerprint density at radius 1 is 1.17 bits per heavy atom. The Morgan fingerprint density at radius 3 is 2.00 bits per heavy atom. The van der Waals surface area contributed by atoms with Crippen LogP contribution in [0.25, 0.3) is 5.57 Å². The minimum atomic E-state index is 1.14. The molecule has 0 spiro atoms. The van der Waals surface area contributed by atoms with E-state index in [0.29, 0.717) is 0 Å². The van der Waals surface area contributed by atoms with Crippen LogP contribution in [0.2, 0.25) is 0 Å². The Hall–Kier alpha value is -1.04. The predicted molar refractivity (Wildman–Crippen MR) is 57.2 cm³/mol.